The number of nitrogen functional groups attached to an aromatic ring is 1. The predicted molar refractivity (Wildman–Crippen MR) is 98.6 cm³/mol. The number of aromatic nitrogens is 3. The van der Waals surface area contributed by atoms with E-state index in [1.165, 1.54) is 0 Å². The summed E-state index contributed by atoms with van der Waals surface area (Å²) < 4.78 is 1.55. The van der Waals surface area contributed by atoms with Crippen molar-refractivity contribution in [3.8, 4) is 0 Å². The van der Waals surface area contributed by atoms with E-state index >= 15 is 0 Å². The average molecular weight is 335 g/mol. The summed E-state index contributed by atoms with van der Waals surface area (Å²) in [5.41, 5.74) is 11.4. The molecule has 1 amide bonds. The van der Waals surface area contributed by atoms with Gasteiger partial charge in [-0.25, -0.2) is 4.68 Å². The highest BCUT2D eigenvalue weighted by Crippen LogP contribution is 2.17. The molecule has 3 N–H and O–H groups in total. The van der Waals surface area contributed by atoms with Crippen molar-refractivity contribution in [2.45, 2.75) is 27.3 Å². The molecule has 0 fully saturated rings. The van der Waals surface area contributed by atoms with Crippen molar-refractivity contribution >= 4 is 17.4 Å². The molecule has 3 aromatic rings. The second-order valence-corrected chi connectivity index (χ2v) is 6.23. The summed E-state index contributed by atoms with van der Waals surface area (Å²) in [6, 6.07) is 13.7. The number of anilines is 2. The van der Waals surface area contributed by atoms with E-state index in [4.69, 9.17) is 5.73 Å². The smallest absolute Gasteiger partial charge is 0.280 e. The summed E-state index contributed by atoms with van der Waals surface area (Å²) >= 11 is 0. The van der Waals surface area contributed by atoms with E-state index in [1.807, 2.05) is 45.0 Å². The summed E-state index contributed by atoms with van der Waals surface area (Å²) in [7, 11) is 0. The number of carbonyl (C=O) groups excluding carboxylic acids is 1. The average Bonchev–Trinajstić information content (AvgIpc) is 2.94. The molecule has 128 valence electrons. The van der Waals surface area contributed by atoms with Crippen LogP contribution in [0.3, 0.4) is 0 Å². The summed E-state index contributed by atoms with van der Waals surface area (Å²) in [6.07, 6.45) is 0. The Balaban J connectivity index is 1.79. The second kappa shape index (κ2) is 6.76. The molecule has 1 aromatic heterocycles. The standard InChI is InChI=1S/C19H21N5O/c1-12-5-8-16(9-6-12)21-19(25)17-18(20)24(23-22-17)11-15-10-13(2)4-7-14(15)3/h4-10H,11,20H2,1-3H3,(H,21,25). The number of hydrogen-bond donors (Lipinski definition) is 2. The van der Waals surface area contributed by atoms with Crippen LogP contribution in [0.4, 0.5) is 11.5 Å². The first-order valence-corrected chi connectivity index (χ1v) is 8.07. The molecule has 6 nitrogen and oxygen atoms in total. The van der Waals surface area contributed by atoms with Crippen LogP contribution in [-0.2, 0) is 6.54 Å². The fraction of sp³-hybridized carbons (Fsp3) is 0.211. The number of carbonyl (C=O) groups is 1. The number of amides is 1. The molecule has 25 heavy (non-hydrogen) atoms. The molecule has 0 saturated carbocycles. The van der Waals surface area contributed by atoms with Gasteiger partial charge in [0.15, 0.2) is 11.5 Å². The number of aryl methyl sites for hydroxylation is 3. The van der Waals surface area contributed by atoms with Crippen LogP contribution in [0.1, 0.15) is 32.7 Å². The highest BCUT2D eigenvalue weighted by Gasteiger charge is 2.18. The van der Waals surface area contributed by atoms with Gasteiger partial charge in [0.2, 0.25) is 0 Å². The molecule has 0 radical (unpaired) electrons. The summed E-state index contributed by atoms with van der Waals surface area (Å²) in [4.78, 5) is 12.4. The Morgan fingerprint density at radius 1 is 1.08 bits per heavy atom. The molecule has 0 saturated heterocycles. The van der Waals surface area contributed by atoms with Gasteiger partial charge in [-0.05, 0) is 44.0 Å². The quantitative estimate of drug-likeness (QED) is 0.767. The number of nitrogens with zero attached hydrogens (tertiary/aromatic N) is 3. The van der Waals surface area contributed by atoms with Gasteiger partial charge in [-0.1, -0.05) is 46.7 Å². The Bertz CT molecular complexity index is 912. The van der Waals surface area contributed by atoms with Crippen LogP contribution >= 0.6 is 0 Å². The number of benzene rings is 2. The van der Waals surface area contributed by atoms with E-state index in [2.05, 4.69) is 33.8 Å². The Kier molecular flexibility index (Phi) is 4.52. The number of nitrogens with one attached hydrogen (secondary N) is 1. The molecule has 2 aromatic carbocycles. The van der Waals surface area contributed by atoms with E-state index in [9.17, 15) is 4.79 Å². The molecule has 3 rings (SSSR count). The van der Waals surface area contributed by atoms with Crippen molar-refractivity contribution in [3.05, 3.63) is 70.4 Å². The van der Waals surface area contributed by atoms with Gasteiger partial charge in [-0.2, -0.15) is 0 Å². The Labute approximate surface area is 146 Å². The monoisotopic (exact) mass is 335 g/mol. The third kappa shape index (κ3) is 3.68. The van der Waals surface area contributed by atoms with Crippen molar-refractivity contribution in [3.63, 3.8) is 0 Å². The van der Waals surface area contributed by atoms with Gasteiger partial charge < -0.3 is 11.1 Å². The first kappa shape index (κ1) is 16.7. The third-order valence-electron chi connectivity index (χ3n) is 4.12. The van der Waals surface area contributed by atoms with Gasteiger partial charge in [0.25, 0.3) is 5.91 Å². The molecule has 0 spiro atoms. The molecule has 0 aliphatic heterocycles. The van der Waals surface area contributed by atoms with Crippen LogP contribution in [0.25, 0.3) is 0 Å². The zero-order valence-electron chi connectivity index (χ0n) is 14.6. The minimum absolute atomic E-state index is 0.130. The first-order valence-electron chi connectivity index (χ1n) is 8.07. The van der Waals surface area contributed by atoms with Crippen molar-refractivity contribution in [2.75, 3.05) is 11.1 Å². The van der Waals surface area contributed by atoms with Crippen molar-refractivity contribution in [1.29, 1.82) is 0 Å². The summed E-state index contributed by atoms with van der Waals surface area (Å²) in [5.74, 6) is -0.112. The molecular formula is C19H21N5O. The van der Waals surface area contributed by atoms with Gasteiger partial charge in [0.05, 0.1) is 6.54 Å². The molecule has 1 heterocycles. The fourth-order valence-corrected chi connectivity index (χ4v) is 2.56. The number of rotatable bonds is 4. The lowest BCUT2D eigenvalue weighted by Gasteiger charge is -2.08. The SMILES string of the molecule is Cc1ccc(NC(=O)c2nnn(Cc3cc(C)ccc3C)c2N)cc1. The summed E-state index contributed by atoms with van der Waals surface area (Å²) in [5, 5.41) is 10.8. The van der Waals surface area contributed by atoms with E-state index in [0.29, 0.717) is 12.2 Å². The van der Waals surface area contributed by atoms with Crippen molar-refractivity contribution < 1.29 is 4.79 Å². The van der Waals surface area contributed by atoms with Crippen LogP contribution in [0.15, 0.2) is 42.5 Å². The normalized spacial score (nSPS) is 10.7. The maximum atomic E-state index is 12.4. The van der Waals surface area contributed by atoms with Gasteiger partial charge in [0.1, 0.15) is 0 Å². The van der Waals surface area contributed by atoms with Crippen LogP contribution < -0.4 is 11.1 Å². The largest absolute Gasteiger partial charge is 0.382 e. The maximum Gasteiger partial charge on any atom is 0.280 e. The minimum atomic E-state index is -0.367. The lowest BCUT2D eigenvalue weighted by Crippen LogP contribution is -2.15. The molecule has 0 aliphatic rings. The molecule has 0 aliphatic carbocycles. The minimum Gasteiger partial charge on any atom is -0.382 e. The van der Waals surface area contributed by atoms with E-state index in [-0.39, 0.29) is 17.4 Å². The Morgan fingerprint density at radius 3 is 2.48 bits per heavy atom. The highest BCUT2D eigenvalue weighted by atomic mass is 16.2. The molecule has 0 unspecified atom stereocenters. The van der Waals surface area contributed by atoms with E-state index in [1.54, 1.807) is 4.68 Å². The van der Waals surface area contributed by atoms with Crippen LogP contribution in [0.5, 0.6) is 0 Å². The number of hydrogen-bond acceptors (Lipinski definition) is 4. The van der Waals surface area contributed by atoms with Crippen LogP contribution in [0, 0.1) is 20.8 Å². The second-order valence-electron chi connectivity index (χ2n) is 6.23. The zero-order chi connectivity index (χ0) is 18.0. The highest BCUT2D eigenvalue weighted by molar-refractivity contribution is 6.05. The maximum absolute atomic E-state index is 12.4. The van der Waals surface area contributed by atoms with E-state index in [0.717, 1.165) is 22.3 Å². The van der Waals surface area contributed by atoms with Gasteiger partial charge in [-0.15, -0.1) is 5.10 Å². The first-order chi connectivity index (χ1) is 11.9. The predicted octanol–water partition coefficient (Wildman–Crippen LogP) is 3.09. The van der Waals surface area contributed by atoms with Gasteiger partial charge in [0, 0.05) is 5.69 Å². The summed E-state index contributed by atoms with van der Waals surface area (Å²) in [6.45, 7) is 6.54. The van der Waals surface area contributed by atoms with Crippen molar-refractivity contribution in [1.82, 2.24) is 15.0 Å². The topological polar surface area (TPSA) is 85.8 Å². The lowest BCUT2D eigenvalue weighted by atomic mass is 10.1. The number of nitrogens with two attached hydrogens (primary N) is 1. The molecule has 0 atom stereocenters. The lowest BCUT2D eigenvalue weighted by molar-refractivity contribution is 0.102. The molecule has 0 bridgehead atoms. The Morgan fingerprint density at radius 2 is 1.76 bits per heavy atom. The fourth-order valence-electron chi connectivity index (χ4n) is 2.56. The van der Waals surface area contributed by atoms with E-state index < -0.39 is 0 Å². The van der Waals surface area contributed by atoms with Crippen LogP contribution in [0.2, 0.25) is 0 Å². The van der Waals surface area contributed by atoms with Crippen LogP contribution in [-0.4, -0.2) is 20.9 Å². The van der Waals surface area contributed by atoms with Gasteiger partial charge in [-0.3, -0.25) is 4.79 Å². The zero-order valence-corrected chi connectivity index (χ0v) is 14.6. The van der Waals surface area contributed by atoms with Crippen molar-refractivity contribution in [2.24, 2.45) is 0 Å². The molecule has 6 heteroatoms. The van der Waals surface area contributed by atoms with Gasteiger partial charge >= 0.3 is 0 Å². The third-order valence-corrected chi connectivity index (χ3v) is 4.12. The Hall–Kier alpha value is -3.15. The molecular weight excluding hydrogens is 314 g/mol.